The molecule has 0 aliphatic carbocycles. The van der Waals surface area contributed by atoms with Crippen molar-refractivity contribution >= 4 is 15.9 Å². The molecule has 0 heterocycles. The minimum Gasteiger partial charge on any atom is -0.494 e. The third kappa shape index (κ3) is 5.82. The van der Waals surface area contributed by atoms with Crippen molar-refractivity contribution in [3.63, 3.8) is 0 Å². The second kappa shape index (κ2) is 8.77. The van der Waals surface area contributed by atoms with Crippen LogP contribution < -0.4 is 15.2 Å². The van der Waals surface area contributed by atoms with Crippen molar-refractivity contribution in [2.24, 2.45) is 5.14 Å². The topological polar surface area (TPSA) is 98.5 Å². The number of nitrogens with one attached hydrogen (secondary N) is 1. The Morgan fingerprint density at radius 3 is 2.50 bits per heavy atom. The molecule has 0 aliphatic rings. The summed E-state index contributed by atoms with van der Waals surface area (Å²) in [6.45, 7) is 2.59. The molecule has 0 atom stereocenters. The van der Waals surface area contributed by atoms with E-state index in [2.05, 4.69) is 5.32 Å². The largest absolute Gasteiger partial charge is 0.494 e. The third-order valence-corrected chi connectivity index (χ3v) is 4.63. The Balaban J connectivity index is 1.77. The lowest BCUT2D eigenvalue weighted by Gasteiger charge is -2.10. The summed E-state index contributed by atoms with van der Waals surface area (Å²) in [6, 6.07) is 9.95. The highest BCUT2D eigenvalue weighted by Gasteiger charge is 2.14. The molecule has 0 bridgehead atoms. The van der Waals surface area contributed by atoms with Gasteiger partial charge in [0, 0.05) is 12.1 Å². The van der Waals surface area contributed by atoms with Gasteiger partial charge >= 0.3 is 0 Å². The van der Waals surface area contributed by atoms with Gasteiger partial charge in [-0.2, -0.15) is 0 Å². The first kappa shape index (κ1) is 19.9. The monoisotopic (exact) mass is 380 g/mol. The van der Waals surface area contributed by atoms with E-state index in [1.165, 1.54) is 24.3 Å². The molecular formula is C18H21FN2O4S. The number of halogens is 1. The van der Waals surface area contributed by atoms with Crippen LogP contribution in [0.2, 0.25) is 0 Å². The highest BCUT2D eigenvalue weighted by Crippen LogP contribution is 2.15. The summed E-state index contributed by atoms with van der Waals surface area (Å²) in [7, 11) is -3.86. The lowest BCUT2D eigenvalue weighted by molar-refractivity contribution is 0.0951. The minimum atomic E-state index is -3.86. The summed E-state index contributed by atoms with van der Waals surface area (Å²) in [5.41, 5.74) is 0.939. The molecule has 6 nitrogen and oxygen atoms in total. The second-order valence-electron chi connectivity index (χ2n) is 5.79. The van der Waals surface area contributed by atoms with Gasteiger partial charge in [0.25, 0.3) is 5.91 Å². The fourth-order valence-electron chi connectivity index (χ4n) is 2.27. The molecule has 8 heteroatoms. The minimum absolute atomic E-state index is 0.0963. The quantitative estimate of drug-likeness (QED) is 0.687. The molecule has 2 rings (SSSR count). The number of hydrogen-bond acceptors (Lipinski definition) is 4. The Bertz CT molecular complexity index is 867. The summed E-state index contributed by atoms with van der Waals surface area (Å²) in [5, 5.41) is 7.84. The molecule has 26 heavy (non-hydrogen) atoms. The molecule has 140 valence electrons. The predicted molar refractivity (Wildman–Crippen MR) is 96.0 cm³/mol. The first-order chi connectivity index (χ1) is 12.3. The van der Waals surface area contributed by atoms with Gasteiger partial charge in [0.1, 0.15) is 11.6 Å². The number of aryl methyl sites for hydroxylation is 1. The molecule has 1 amide bonds. The van der Waals surface area contributed by atoms with Crippen LogP contribution in [0.5, 0.6) is 5.75 Å². The van der Waals surface area contributed by atoms with Gasteiger partial charge in [-0.3, -0.25) is 4.79 Å². The molecule has 0 unspecified atom stereocenters. The molecule has 0 saturated heterocycles. The number of carbonyl (C=O) groups is 1. The Labute approximate surface area is 152 Å². The normalized spacial score (nSPS) is 11.2. The highest BCUT2D eigenvalue weighted by molar-refractivity contribution is 7.89. The molecule has 0 fully saturated rings. The van der Waals surface area contributed by atoms with E-state index in [1.54, 1.807) is 25.1 Å². The van der Waals surface area contributed by atoms with Gasteiger partial charge in [-0.15, -0.1) is 0 Å². The number of nitrogens with two attached hydrogens (primary N) is 1. The third-order valence-electron chi connectivity index (χ3n) is 3.72. The molecular weight excluding hydrogens is 359 g/mol. The van der Waals surface area contributed by atoms with Crippen LogP contribution in [0.3, 0.4) is 0 Å². The number of benzene rings is 2. The molecule has 0 spiro atoms. The number of carbonyl (C=O) groups excluding carboxylic acids is 1. The van der Waals surface area contributed by atoms with E-state index in [0.717, 1.165) is 0 Å². The van der Waals surface area contributed by atoms with Crippen LogP contribution in [0.25, 0.3) is 0 Å². The van der Waals surface area contributed by atoms with Crippen molar-refractivity contribution in [3.8, 4) is 5.75 Å². The van der Waals surface area contributed by atoms with Gasteiger partial charge in [0.15, 0.2) is 0 Å². The van der Waals surface area contributed by atoms with Gasteiger partial charge in [-0.05, 0) is 61.7 Å². The standard InChI is InChI=1S/C18H21FN2O4S/c1-13-4-9-16(26(20,23)24)12-17(13)18(22)21-10-2-3-11-25-15-7-5-14(19)6-8-15/h4-9,12H,2-3,10-11H2,1H3,(H,21,22)(H2,20,23,24). The number of unbranched alkanes of at least 4 members (excludes halogenated alkanes) is 1. The summed E-state index contributed by atoms with van der Waals surface area (Å²) >= 11 is 0. The number of hydrogen-bond donors (Lipinski definition) is 2. The van der Waals surface area contributed by atoms with Crippen LogP contribution in [-0.2, 0) is 10.0 Å². The number of ether oxygens (including phenoxy) is 1. The van der Waals surface area contributed by atoms with E-state index in [4.69, 9.17) is 9.88 Å². The van der Waals surface area contributed by atoms with Crippen molar-refractivity contribution in [3.05, 3.63) is 59.4 Å². The molecule has 0 saturated carbocycles. The van der Waals surface area contributed by atoms with Gasteiger partial charge in [-0.25, -0.2) is 17.9 Å². The summed E-state index contributed by atoms with van der Waals surface area (Å²) in [5.74, 6) is -0.0832. The fraction of sp³-hybridized carbons (Fsp3) is 0.278. The van der Waals surface area contributed by atoms with Gasteiger partial charge in [0.2, 0.25) is 10.0 Å². The number of rotatable bonds is 8. The zero-order chi connectivity index (χ0) is 19.2. The van der Waals surface area contributed by atoms with Crippen molar-refractivity contribution in [2.75, 3.05) is 13.2 Å². The van der Waals surface area contributed by atoms with Crippen molar-refractivity contribution in [2.45, 2.75) is 24.7 Å². The number of primary sulfonamides is 1. The zero-order valence-electron chi connectivity index (χ0n) is 14.4. The molecule has 3 N–H and O–H groups in total. The predicted octanol–water partition coefficient (Wildman–Crippen LogP) is 2.37. The molecule has 0 radical (unpaired) electrons. The Morgan fingerprint density at radius 1 is 1.15 bits per heavy atom. The summed E-state index contributed by atoms with van der Waals surface area (Å²) in [6.07, 6.45) is 1.38. The fourth-order valence-corrected chi connectivity index (χ4v) is 2.81. The van der Waals surface area contributed by atoms with Crippen molar-refractivity contribution in [1.82, 2.24) is 5.32 Å². The van der Waals surface area contributed by atoms with E-state index >= 15 is 0 Å². The van der Waals surface area contributed by atoms with Gasteiger partial charge in [-0.1, -0.05) is 6.07 Å². The first-order valence-electron chi connectivity index (χ1n) is 8.07. The summed E-state index contributed by atoms with van der Waals surface area (Å²) in [4.78, 5) is 12.1. The Morgan fingerprint density at radius 2 is 1.85 bits per heavy atom. The van der Waals surface area contributed by atoms with Crippen LogP contribution in [-0.4, -0.2) is 27.5 Å². The van der Waals surface area contributed by atoms with E-state index in [9.17, 15) is 17.6 Å². The zero-order valence-corrected chi connectivity index (χ0v) is 15.2. The molecule has 2 aromatic rings. The second-order valence-corrected chi connectivity index (χ2v) is 7.35. The highest BCUT2D eigenvalue weighted by atomic mass is 32.2. The SMILES string of the molecule is Cc1ccc(S(N)(=O)=O)cc1C(=O)NCCCCOc1ccc(F)cc1. The molecule has 2 aromatic carbocycles. The van der Waals surface area contributed by atoms with E-state index in [0.29, 0.717) is 37.3 Å². The Hall–Kier alpha value is -2.45. The van der Waals surface area contributed by atoms with Gasteiger partial charge in [0.05, 0.1) is 11.5 Å². The maximum Gasteiger partial charge on any atom is 0.251 e. The average molecular weight is 380 g/mol. The van der Waals surface area contributed by atoms with E-state index in [1.807, 2.05) is 0 Å². The van der Waals surface area contributed by atoms with Crippen molar-refractivity contribution in [1.29, 1.82) is 0 Å². The van der Waals surface area contributed by atoms with Crippen LogP contribution in [0.1, 0.15) is 28.8 Å². The maximum absolute atomic E-state index is 12.8. The summed E-state index contributed by atoms with van der Waals surface area (Å²) < 4.78 is 41.0. The van der Waals surface area contributed by atoms with Crippen LogP contribution >= 0.6 is 0 Å². The number of sulfonamides is 1. The van der Waals surface area contributed by atoms with Gasteiger partial charge < -0.3 is 10.1 Å². The van der Waals surface area contributed by atoms with Crippen LogP contribution in [0.4, 0.5) is 4.39 Å². The smallest absolute Gasteiger partial charge is 0.251 e. The maximum atomic E-state index is 12.8. The Kier molecular flexibility index (Phi) is 6.70. The van der Waals surface area contributed by atoms with Crippen LogP contribution in [0.15, 0.2) is 47.4 Å². The lowest BCUT2D eigenvalue weighted by Crippen LogP contribution is -2.26. The first-order valence-corrected chi connectivity index (χ1v) is 9.62. The lowest BCUT2D eigenvalue weighted by atomic mass is 10.1. The molecule has 0 aliphatic heterocycles. The molecule has 0 aromatic heterocycles. The van der Waals surface area contributed by atoms with E-state index in [-0.39, 0.29) is 22.2 Å². The van der Waals surface area contributed by atoms with Crippen molar-refractivity contribution < 1.29 is 22.3 Å². The number of amides is 1. The average Bonchev–Trinajstić information content (AvgIpc) is 2.58. The van der Waals surface area contributed by atoms with E-state index < -0.39 is 10.0 Å². The van der Waals surface area contributed by atoms with Crippen LogP contribution in [0, 0.1) is 12.7 Å².